The SMILES string of the molecule is Fc1cc(F)c(NC(c2cccs2)C2CC2)c(F)c1. The van der Waals surface area contributed by atoms with E-state index >= 15 is 0 Å². The highest BCUT2D eigenvalue weighted by Gasteiger charge is 2.34. The van der Waals surface area contributed by atoms with Crippen molar-refractivity contribution in [2.45, 2.75) is 18.9 Å². The number of benzene rings is 1. The van der Waals surface area contributed by atoms with Crippen LogP contribution in [0.1, 0.15) is 23.8 Å². The lowest BCUT2D eigenvalue weighted by atomic mass is 10.1. The van der Waals surface area contributed by atoms with Gasteiger partial charge in [0.25, 0.3) is 0 Å². The van der Waals surface area contributed by atoms with Crippen LogP contribution in [-0.2, 0) is 0 Å². The van der Waals surface area contributed by atoms with E-state index in [0.29, 0.717) is 18.1 Å². The Morgan fingerprint density at radius 3 is 2.37 bits per heavy atom. The third kappa shape index (κ3) is 2.61. The Morgan fingerprint density at radius 1 is 1.16 bits per heavy atom. The highest BCUT2D eigenvalue weighted by Crippen LogP contribution is 2.44. The number of hydrogen-bond donors (Lipinski definition) is 1. The molecule has 3 rings (SSSR count). The van der Waals surface area contributed by atoms with Crippen LogP contribution in [0.15, 0.2) is 29.6 Å². The zero-order valence-corrected chi connectivity index (χ0v) is 10.8. The van der Waals surface area contributed by atoms with Crippen molar-refractivity contribution in [3.63, 3.8) is 0 Å². The van der Waals surface area contributed by atoms with Crippen molar-refractivity contribution in [3.8, 4) is 0 Å². The summed E-state index contributed by atoms with van der Waals surface area (Å²) in [4.78, 5) is 1.05. The highest BCUT2D eigenvalue weighted by atomic mass is 32.1. The molecule has 1 aromatic heterocycles. The van der Waals surface area contributed by atoms with Crippen LogP contribution in [0.3, 0.4) is 0 Å². The predicted octanol–water partition coefficient (Wildman–Crippen LogP) is 4.73. The zero-order valence-electron chi connectivity index (χ0n) is 10.00. The van der Waals surface area contributed by atoms with E-state index in [1.165, 1.54) is 0 Å². The summed E-state index contributed by atoms with van der Waals surface area (Å²) in [5.74, 6) is -2.29. The fourth-order valence-electron chi connectivity index (χ4n) is 2.15. The van der Waals surface area contributed by atoms with Crippen LogP contribution in [0.25, 0.3) is 0 Å². The molecule has 1 fully saturated rings. The number of thiophene rings is 1. The molecule has 1 heterocycles. The van der Waals surface area contributed by atoms with E-state index in [9.17, 15) is 13.2 Å². The molecule has 1 saturated carbocycles. The summed E-state index contributed by atoms with van der Waals surface area (Å²) in [5.41, 5.74) is -0.244. The Kier molecular flexibility index (Phi) is 3.22. The average molecular weight is 283 g/mol. The van der Waals surface area contributed by atoms with Gasteiger partial charge in [-0.3, -0.25) is 0 Å². The van der Waals surface area contributed by atoms with Crippen molar-refractivity contribution in [1.29, 1.82) is 0 Å². The lowest BCUT2D eigenvalue weighted by molar-refractivity contribution is 0.541. The van der Waals surface area contributed by atoms with Gasteiger partial charge in [-0.2, -0.15) is 0 Å². The molecule has 0 bridgehead atoms. The van der Waals surface area contributed by atoms with Gasteiger partial charge in [0.2, 0.25) is 0 Å². The van der Waals surface area contributed by atoms with Gasteiger partial charge in [0.1, 0.15) is 11.5 Å². The Bertz CT molecular complexity index is 555. The summed E-state index contributed by atoms with van der Waals surface area (Å²) in [6, 6.07) is 5.15. The molecule has 19 heavy (non-hydrogen) atoms. The monoisotopic (exact) mass is 283 g/mol. The van der Waals surface area contributed by atoms with Crippen molar-refractivity contribution in [2.24, 2.45) is 5.92 Å². The van der Waals surface area contributed by atoms with Crippen LogP contribution in [0, 0.1) is 23.4 Å². The van der Waals surface area contributed by atoms with Gasteiger partial charge in [0, 0.05) is 17.0 Å². The Hall–Kier alpha value is -1.49. The third-order valence-corrected chi connectivity index (χ3v) is 4.21. The smallest absolute Gasteiger partial charge is 0.152 e. The summed E-state index contributed by atoms with van der Waals surface area (Å²) in [7, 11) is 0. The second kappa shape index (κ2) is 4.89. The largest absolute Gasteiger partial charge is 0.372 e. The van der Waals surface area contributed by atoms with Crippen LogP contribution in [0.5, 0.6) is 0 Å². The minimum atomic E-state index is -0.903. The van der Waals surface area contributed by atoms with Crippen LogP contribution in [0.4, 0.5) is 18.9 Å². The van der Waals surface area contributed by atoms with Gasteiger partial charge in [-0.1, -0.05) is 6.07 Å². The summed E-state index contributed by atoms with van der Waals surface area (Å²) in [6.45, 7) is 0. The van der Waals surface area contributed by atoms with Crippen LogP contribution >= 0.6 is 11.3 Å². The molecule has 1 nitrogen and oxygen atoms in total. The van der Waals surface area contributed by atoms with E-state index in [1.54, 1.807) is 11.3 Å². The molecule has 1 aromatic carbocycles. The minimum absolute atomic E-state index is 0.102. The standard InChI is InChI=1S/C14H12F3NS/c15-9-6-10(16)14(11(17)7-9)18-13(8-3-4-8)12-2-1-5-19-12/h1-2,5-8,13,18H,3-4H2. The number of anilines is 1. The third-order valence-electron chi connectivity index (χ3n) is 3.25. The fourth-order valence-corrected chi connectivity index (χ4v) is 3.02. The maximum atomic E-state index is 13.7. The molecule has 1 aliphatic rings. The predicted molar refractivity (Wildman–Crippen MR) is 69.7 cm³/mol. The second-order valence-corrected chi connectivity index (χ2v) is 5.70. The van der Waals surface area contributed by atoms with Crippen LogP contribution in [-0.4, -0.2) is 0 Å². The Morgan fingerprint density at radius 2 is 1.84 bits per heavy atom. The quantitative estimate of drug-likeness (QED) is 0.855. The van der Waals surface area contributed by atoms with Crippen molar-refractivity contribution >= 4 is 17.0 Å². The summed E-state index contributed by atoms with van der Waals surface area (Å²) in [6.07, 6.45) is 2.08. The second-order valence-electron chi connectivity index (χ2n) is 4.72. The maximum absolute atomic E-state index is 13.7. The Balaban J connectivity index is 1.91. The topological polar surface area (TPSA) is 12.0 Å². The molecule has 1 aliphatic carbocycles. The summed E-state index contributed by atoms with van der Waals surface area (Å²) in [5, 5.41) is 4.84. The maximum Gasteiger partial charge on any atom is 0.152 e. The minimum Gasteiger partial charge on any atom is -0.372 e. The lowest BCUT2D eigenvalue weighted by Crippen LogP contribution is -2.14. The molecular weight excluding hydrogens is 271 g/mol. The number of halogens is 3. The molecule has 0 radical (unpaired) electrons. The lowest BCUT2D eigenvalue weighted by Gasteiger charge is -2.19. The first kappa shape index (κ1) is 12.5. The number of nitrogens with one attached hydrogen (secondary N) is 1. The van der Waals surface area contributed by atoms with Crippen LogP contribution in [0.2, 0.25) is 0 Å². The zero-order chi connectivity index (χ0) is 13.4. The molecule has 0 saturated heterocycles. The van der Waals surface area contributed by atoms with Crippen LogP contribution < -0.4 is 5.32 Å². The molecule has 1 atom stereocenters. The van der Waals surface area contributed by atoms with Gasteiger partial charge in [0.15, 0.2) is 11.6 Å². The van der Waals surface area contributed by atoms with Crippen molar-refractivity contribution in [3.05, 3.63) is 52.0 Å². The molecular formula is C14H12F3NS. The summed E-state index contributed by atoms with van der Waals surface area (Å²) < 4.78 is 40.2. The first-order valence-corrected chi connectivity index (χ1v) is 6.97. The van der Waals surface area contributed by atoms with Crippen molar-refractivity contribution in [2.75, 3.05) is 5.32 Å². The van der Waals surface area contributed by atoms with E-state index in [-0.39, 0.29) is 11.7 Å². The molecule has 100 valence electrons. The average Bonchev–Trinajstić information content (AvgIpc) is 3.03. The van der Waals surface area contributed by atoms with E-state index in [1.807, 2.05) is 17.5 Å². The first-order valence-electron chi connectivity index (χ1n) is 6.09. The normalized spacial score (nSPS) is 16.4. The molecule has 1 N–H and O–H groups in total. The van der Waals surface area contributed by atoms with Gasteiger partial charge >= 0.3 is 0 Å². The van der Waals surface area contributed by atoms with Crippen molar-refractivity contribution in [1.82, 2.24) is 0 Å². The molecule has 2 aromatic rings. The summed E-state index contributed by atoms with van der Waals surface area (Å²) >= 11 is 1.55. The number of rotatable bonds is 4. The Labute approximate surface area is 113 Å². The van der Waals surface area contributed by atoms with E-state index < -0.39 is 17.5 Å². The molecule has 5 heteroatoms. The van der Waals surface area contributed by atoms with Gasteiger partial charge in [-0.15, -0.1) is 11.3 Å². The van der Waals surface area contributed by atoms with E-state index in [4.69, 9.17) is 0 Å². The highest BCUT2D eigenvalue weighted by molar-refractivity contribution is 7.10. The molecule has 0 spiro atoms. The van der Waals surface area contributed by atoms with Gasteiger partial charge in [0.05, 0.1) is 6.04 Å². The van der Waals surface area contributed by atoms with Gasteiger partial charge < -0.3 is 5.32 Å². The van der Waals surface area contributed by atoms with Gasteiger partial charge in [-0.05, 0) is 30.2 Å². The van der Waals surface area contributed by atoms with Gasteiger partial charge in [-0.25, -0.2) is 13.2 Å². The molecule has 0 amide bonds. The molecule has 1 unspecified atom stereocenters. The van der Waals surface area contributed by atoms with E-state index in [2.05, 4.69) is 5.32 Å². The van der Waals surface area contributed by atoms with Crippen molar-refractivity contribution < 1.29 is 13.2 Å². The first-order chi connectivity index (χ1) is 9.15. The molecule has 0 aliphatic heterocycles. The fraction of sp³-hybridized carbons (Fsp3) is 0.286. The number of hydrogen-bond acceptors (Lipinski definition) is 2. The van der Waals surface area contributed by atoms with E-state index in [0.717, 1.165) is 17.7 Å².